The maximum absolute atomic E-state index is 14.1. The van der Waals surface area contributed by atoms with Crippen molar-refractivity contribution in [1.29, 1.82) is 0 Å². The third-order valence-electron chi connectivity index (χ3n) is 6.78. The van der Waals surface area contributed by atoms with Gasteiger partial charge in [-0.05, 0) is 73.8 Å². The van der Waals surface area contributed by atoms with Crippen LogP contribution >= 0.6 is 0 Å². The number of ether oxygens (including phenoxy) is 1. The highest BCUT2D eigenvalue weighted by Gasteiger charge is 2.15. The van der Waals surface area contributed by atoms with Crippen LogP contribution in [0.2, 0.25) is 0 Å². The molecule has 198 valence electrons. The number of carbonyl (C=O) groups is 1. The summed E-state index contributed by atoms with van der Waals surface area (Å²) in [7, 11) is 1.92. The van der Waals surface area contributed by atoms with E-state index in [2.05, 4.69) is 20.5 Å². The lowest BCUT2D eigenvalue weighted by Crippen LogP contribution is -2.36. The standard InChI is InChI=1S/C29H33FN6O2/c1-19(2)23-15-20(7-9-24(23)30)32-29-33-25-16-21(8-10-26(25)35(29)3)38-22-11-12-31-27(17-22)34-28(37)18-36-13-5-4-6-14-36/h7-12,15-17,19H,4-6,13-14,18H2,1-3H3,(H,32,33)(H,31,34,37). The van der Waals surface area contributed by atoms with Crippen molar-refractivity contribution in [3.63, 3.8) is 0 Å². The summed E-state index contributed by atoms with van der Waals surface area (Å²) < 4.78 is 22.1. The second-order valence-electron chi connectivity index (χ2n) is 10.0. The number of hydrogen-bond acceptors (Lipinski definition) is 6. The minimum absolute atomic E-state index is 0.0758. The molecule has 1 aliphatic heterocycles. The van der Waals surface area contributed by atoms with Gasteiger partial charge < -0.3 is 19.9 Å². The van der Waals surface area contributed by atoms with Crippen LogP contribution < -0.4 is 15.4 Å². The van der Waals surface area contributed by atoms with Gasteiger partial charge in [-0.25, -0.2) is 14.4 Å². The van der Waals surface area contributed by atoms with E-state index in [1.807, 2.05) is 49.7 Å². The number of nitrogens with one attached hydrogen (secondary N) is 2. The molecular formula is C29H33FN6O2. The molecule has 1 aliphatic rings. The second kappa shape index (κ2) is 11.2. The molecule has 0 spiro atoms. The van der Waals surface area contributed by atoms with Gasteiger partial charge in [-0.3, -0.25) is 9.69 Å². The Bertz CT molecular complexity index is 1440. The molecule has 0 saturated carbocycles. The van der Waals surface area contributed by atoms with Crippen LogP contribution in [0.15, 0.2) is 54.7 Å². The van der Waals surface area contributed by atoms with Gasteiger partial charge in [-0.2, -0.15) is 0 Å². The van der Waals surface area contributed by atoms with Gasteiger partial charge in [0.25, 0.3) is 0 Å². The number of hydrogen-bond donors (Lipinski definition) is 2. The van der Waals surface area contributed by atoms with Gasteiger partial charge in [-0.1, -0.05) is 20.3 Å². The molecule has 0 atom stereocenters. The molecule has 38 heavy (non-hydrogen) atoms. The number of benzene rings is 2. The first kappa shape index (κ1) is 25.7. The molecule has 0 unspecified atom stereocenters. The third kappa shape index (κ3) is 5.94. The predicted molar refractivity (Wildman–Crippen MR) is 148 cm³/mol. The molecular weight excluding hydrogens is 483 g/mol. The van der Waals surface area contributed by atoms with Gasteiger partial charge >= 0.3 is 0 Å². The van der Waals surface area contributed by atoms with Crippen LogP contribution in [0, 0.1) is 5.82 Å². The zero-order chi connectivity index (χ0) is 26.6. The third-order valence-corrected chi connectivity index (χ3v) is 6.78. The summed E-state index contributed by atoms with van der Waals surface area (Å²) in [6, 6.07) is 14.1. The number of fused-ring (bicyclic) bond motifs is 1. The molecule has 5 rings (SSSR count). The number of halogens is 1. The smallest absolute Gasteiger partial charge is 0.239 e. The number of likely N-dealkylation sites (tertiary alicyclic amines) is 1. The summed E-state index contributed by atoms with van der Waals surface area (Å²) >= 11 is 0. The number of amides is 1. The lowest BCUT2D eigenvalue weighted by atomic mass is 10.0. The van der Waals surface area contributed by atoms with E-state index in [4.69, 9.17) is 9.72 Å². The minimum atomic E-state index is -0.210. The lowest BCUT2D eigenvalue weighted by Gasteiger charge is -2.25. The molecule has 1 amide bonds. The van der Waals surface area contributed by atoms with Crippen LogP contribution in [-0.4, -0.2) is 45.0 Å². The maximum Gasteiger partial charge on any atom is 0.239 e. The molecule has 8 nitrogen and oxygen atoms in total. The molecule has 1 saturated heterocycles. The largest absolute Gasteiger partial charge is 0.457 e. The Balaban J connectivity index is 1.28. The van der Waals surface area contributed by atoms with E-state index in [9.17, 15) is 9.18 Å². The minimum Gasteiger partial charge on any atom is -0.457 e. The Hall–Kier alpha value is -3.98. The Labute approximate surface area is 221 Å². The van der Waals surface area contributed by atoms with Gasteiger partial charge in [0.1, 0.15) is 23.1 Å². The Kier molecular flexibility index (Phi) is 7.55. The van der Waals surface area contributed by atoms with Crippen molar-refractivity contribution in [3.8, 4) is 11.5 Å². The summed E-state index contributed by atoms with van der Waals surface area (Å²) in [6.45, 7) is 6.22. The fourth-order valence-electron chi connectivity index (χ4n) is 4.73. The van der Waals surface area contributed by atoms with Crippen LogP contribution in [-0.2, 0) is 11.8 Å². The van der Waals surface area contributed by atoms with Crippen molar-refractivity contribution in [1.82, 2.24) is 19.4 Å². The van der Waals surface area contributed by atoms with E-state index in [1.54, 1.807) is 24.4 Å². The summed E-state index contributed by atoms with van der Waals surface area (Å²) in [5, 5.41) is 6.17. The number of rotatable bonds is 8. The first-order chi connectivity index (χ1) is 18.4. The van der Waals surface area contributed by atoms with Crippen molar-refractivity contribution in [2.45, 2.75) is 39.0 Å². The zero-order valence-corrected chi connectivity index (χ0v) is 22.0. The highest BCUT2D eigenvalue weighted by Crippen LogP contribution is 2.30. The van der Waals surface area contributed by atoms with Crippen molar-refractivity contribution < 1.29 is 13.9 Å². The highest BCUT2D eigenvalue weighted by molar-refractivity contribution is 5.91. The van der Waals surface area contributed by atoms with E-state index in [1.165, 1.54) is 12.5 Å². The average Bonchev–Trinajstić information content (AvgIpc) is 3.20. The van der Waals surface area contributed by atoms with Crippen molar-refractivity contribution in [2.24, 2.45) is 7.05 Å². The number of imidazole rings is 1. The average molecular weight is 517 g/mol. The maximum atomic E-state index is 14.1. The summed E-state index contributed by atoms with van der Waals surface area (Å²) in [4.78, 5) is 23.6. The summed E-state index contributed by atoms with van der Waals surface area (Å²) in [6.07, 6.45) is 5.12. The highest BCUT2D eigenvalue weighted by atomic mass is 19.1. The van der Waals surface area contributed by atoms with Crippen molar-refractivity contribution in [3.05, 3.63) is 66.1 Å². The lowest BCUT2D eigenvalue weighted by molar-refractivity contribution is -0.117. The van der Waals surface area contributed by atoms with Crippen LogP contribution in [0.25, 0.3) is 11.0 Å². The molecule has 3 heterocycles. The van der Waals surface area contributed by atoms with Gasteiger partial charge in [0.05, 0.1) is 17.6 Å². The molecule has 0 aliphatic carbocycles. The van der Waals surface area contributed by atoms with Crippen molar-refractivity contribution >= 4 is 34.4 Å². The van der Waals surface area contributed by atoms with E-state index in [-0.39, 0.29) is 17.6 Å². The SMILES string of the molecule is CC(C)c1cc(Nc2nc3cc(Oc4ccnc(NC(=O)CN5CCCCC5)c4)ccc3n2C)ccc1F. The molecule has 2 aromatic heterocycles. The first-order valence-corrected chi connectivity index (χ1v) is 13.0. The second-order valence-corrected chi connectivity index (χ2v) is 10.0. The molecule has 0 bridgehead atoms. The van der Waals surface area contributed by atoms with E-state index < -0.39 is 0 Å². The van der Waals surface area contributed by atoms with E-state index >= 15 is 0 Å². The van der Waals surface area contributed by atoms with Gasteiger partial charge in [0.2, 0.25) is 11.9 Å². The Morgan fingerprint density at radius 1 is 1.05 bits per heavy atom. The van der Waals surface area contributed by atoms with Crippen LogP contribution in [0.4, 0.5) is 21.8 Å². The topological polar surface area (TPSA) is 84.3 Å². The van der Waals surface area contributed by atoms with Gasteiger partial charge in [-0.15, -0.1) is 0 Å². The molecule has 1 fully saturated rings. The Morgan fingerprint density at radius 3 is 2.63 bits per heavy atom. The number of piperidine rings is 1. The fraction of sp³-hybridized carbons (Fsp3) is 0.345. The number of anilines is 3. The molecule has 0 radical (unpaired) electrons. The van der Waals surface area contributed by atoms with E-state index in [0.717, 1.165) is 42.7 Å². The zero-order valence-electron chi connectivity index (χ0n) is 22.0. The van der Waals surface area contributed by atoms with Crippen molar-refractivity contribution in [2.75, 3.05) is 30.3 Å². The predicted octanol–water partition coefficient (Wildman–Crippen LogP) is 6.19. The van der Waals surface area contributed by atoms with Crippen LogP contribution in [0.1, 0.15) is 44.6 Å². The number of nitrogens with zero attached hydrogens (tertiary/aromatic N) is 4. The number of carbonyl (C=O) groups excluding carboxylic acids is 1. The first-order valence-electron chi connectivity index (χ1n) is 13.0. The fourth-order valence-corrected chi connectivity index (χ4v) is 4.73. The molecule has 4 aromatic rings. The molecule has 9 heteroatoms. The van der Waals surface area contributed by atoms with Crippen LogP contribution in [0.3, 0.4) is 0 Å². The summed E-state index contributed by atoms with van der Waals surface area (Å²) in [5.74, 6) is 2.06. The number of aromatic nitrogens is 3. The Morgan fingerprint density at radius 2 is 1.84 bits per heavy atom. The monoisotopic (exact) mass is 516 g/mol. The quantitative estimate of drug-likeness (QED) is 0.290. The number of pyridine rings is 1. The molecule has 2 aromatic carbocycles. The van der Waals surface area contributed by atoms with E-state index in [0.29, 0.717) is 35.4 Å². The van der Waals surface area contributed by atoms with Crippen LogP contribution in [0.5, 0.6) is 11.5 Å². The summed E-state index contributed by atoms with van der Waals surface area (Å²) in [5.41, 5.74) is 3.11. The normalized spacial score (nSPS) is 14.1. The number of aryl methyl sites for hydroxylation is 1. The van der Waals surface area contributed by atoms with Gasteiger partial charge in [0.15, 0.2) is 0 Å². The molecule has 2 N–H and O–H groups in total. The van der Waals surface area contributed by atoms with Gasteiger partial charge in [0, 0.05) is 31.1 Å².